The second kappa shape index (κ2) is 14.9. The van der Waals surface area contributed by atoms with Crippen LogP contribution in [-0.4, -0.2) is 57.4 Å². The zero-order valence-electron chi connectivity index (χ0n) is 25.5. The van der Waals surface area contributed by atoms with Crippen LogP contribution >= 0.6 is 11.3 Å². The van der Waals surface area contributed by atoms with Crippen LogP contribution < -0.4 is 10.6 Å². The molecule has 8 nitrogen and oxygen atoms in total. The molecule has 3 N–H and O–H groups in total. The number of hydrogen-bond acceptors (Lipinski definition) is 6. The Kier molecular flexibility index (Phi) is 11.9. The predicted octanol–water partition coefficient (Wildman–Crippen LogP) is 5.22. The Labute approximate surface area is 249 Å². The topological polar surface area (TPSA) is 112 Å². The lowest BCUT2D eigenvalue weighted by Gasteiger charge is -2.41. The van der Waals surface area contributed by atoms with Crippen LogP contribution in [0, 0.1) is 18.3 Å². The molecule has 1 aliphatic heterocycles. The van der Waals surface area contributed by atoms with E-state index in [2.05, 4.69) is 29.5 Å². The van der Waals surface area contributed by atoms with Crippen LogP contribution in [-0.2, 0) is 20.9 Å². The fourth-order valence-electron chi connectivity index (χ4n) is 5.51. The lowest BCUT2D eigenvalue weighted by molar-refractivity contribution is -0.145. The first-order chi connectivity index (χ1) is 19.5. The molecular formula is C32H48N4O4S. The van der Waals surface area contributed by atoms with Gasteiger partial charge in [-0.05, 0) is 49.7 Å². The Morgan fingerprint density at radius 1 is 1.15 bits per heavy atom. The zero-order chi connectivity index (χ0) is 30.2. The van der Waals surface area contributed by atoms with Gasteiger partial charge in [-0.3, -0.25) is 14.4 Å². The van der Waals surface area contributed by atoms with Gasteiger partial charge in [0.25, 0.3) is 0 Å². The fraction of sp³-hybridized carbons (Fsp3) is 0.625. The van der Waals surface area contributed by atoms with E-state index in [0.29, 0.717) is 13.0 Å². The number of carbonyl (C=O) groups is 3. The number of benzene rings is 1. The number of aryl methyl sites for hydroxylation is 1. The molecule has 2 aliphatic rings. The number of aliphatic hydroxyl groups is 1. The molecule has 0 radical (unpaired) electrons. The van der Waals surface area contributed by atoms with Gasteiger partial charge in [-0.15, -0.1) is 11.3 Å². The van der Waals surface area contributed by atoms with Crippen LogP contribution in [0.3, 0.4) is 0 Å². The van der Waals surface area contributed by atoms with Crippen molar-refractivity contribution >= 4 is 29.1 Å². The molecular weight excluding hydrogens is 536 g/mol. The Morgan fingerprint density at radius 3 is 2.32 bits per heavy atom. The largest absolute Gasteiger partial charge is 0.391 e. The number of aliphatic hydroxyl groups excluding tert-OH is 1. The van der Waals surface area contributed by atoms with Crippen LogP contribution in [0.1, 0.15) is 90.8 Å². The molecule has 2 fully saturated rings. The van der Waals surface area contributed by atoms with Gasteiger partial charge in [-0.2, -0.15) is 0 Å². The molecule has 4 rings (SSSR count). The number of nitrogens with one attached hydrogen (secondary N) is 2. The maximum Gasteiger partial charge on any atom is 0.245 e. The first kappa shape index (κ1) is 32.7. The molecule has 2 heterocycles. The average molecular weight is 585 g/mol. The molecule has 226 valence electrons. The van der Waals surface area contributed by atoms with Crippen LogP contribution in [0.5, 0.6) is 0 Å². The molecule has 9 heteroatoms. The Morgan fingerprint density at radius 2 is 1.80 bits per heavy atom. The van der Waals surface area contributed by atoms with Gasteiger partial charge in [-0.1, -0.05) is 71.7 Å². The maximum absolute atomic E-state index is 13.7. The molecule has 3 atom stereocenters. The van der Waals surface area contributed by atoms with Gasteiger partial charge >= 0.3 is 0 Å². The molecule has 0 spiro atoms. The molecule has 2 aromatic rings. The third-order valence-electron chi connectivity index (χ3n) is 8.07. The molecule has 1 saturated carbocycles. The minimum absolute atomic E-state index is 0.0667. The summed E-state index contributed by atoms with van der Waals surface area (Å²) in [5.41, 5.74) is 4.46. The van der Waals surface area contributed by atoms with E-state index in [4.69, 9.17) is 0 Å². The third kappa shape index (κ3) is 8.16. The van der Waals surface area contributed by atoms with Gasteiger partial charge < -0.3 is 20.6 Å². The smallest absolute Gasteiger partial charge is 0.245 e. The number of nitrogens with zero attached hydrogens (tertiary/aromatic N) is 2. The van der Waals surface area contributed by atoms with Crippen molar-refractivity contribution in [2.75, 3.05) is 6.54 Å². The molecule has 1 aromatic heterocycles. The van der Waals surface area contributed by atoms with Gasteiger partial charge in [-0.25, -0.2) is 4.98 Å². The predicted molar refractivity (Wildman–Crippen MR) is 164 cm³/mol. The molecule has 1 aromatic carbocycles. The Bertz CT molecular complexity index is 1150. The summed E-state index contributed by atoms with van der Waals surface area (Å²) in [6, 6.07) is 6.49. The van der Waals surface area contributed by atoms with E-state index >= 15 is 0 Å². The number of carbonyl (C=O) groups excluding carboxylic acids is 3. The van der Waals surface area contributed by atoms with E-state index in [9.17, 15) is 19.5 Å². The standard InChI is InChI=1S/C29H40N4O4S.C3H8/c1-5-29(11-6-12-29)28(37)32-23(13-18(2)3)27(36)33-16-22(34)14-24(33)26(35)30-15-20-7-9-21(10-8-20)25-19(4)31-17-38-25;1-3-2/h7-10,17-18,22-24,34H,5-6,11-16H2,1-4H3,(H,30,35)(H,32,37);3H2,1-2H3. The third-order valence-corrected chi connectivity index (χ3v) is 9.05. The van der Waals surface area contributed by atoms with Crippen molar-refractivity contribution in [2.45, 2.75) is 111 Å². The summed E-state index contributed by atoms with van der Waals surface area (Å²) in [6.07, 6.45) is 4.60. The molecule has 0 bridgehead atoms. The summed E-state index contributed by atoms with van der Waals surface area (Å²) in [5.74, 6) is -0.475. The molecule has 1 saturated heterocycles. The Balaban J connectivity index is 0.00000147. The highest BCUT2D eigenvalue weighted by molar-refractivity contribution is 7.13. The second-order valence-corrected chi connectivity index (χ2v) is 12.8. The summed E-state index contributed by atoms with van der Waals surface area (Å²) in [7, 11) is 0. The summed E-state index contributed by atoms with van der Waals surface area (Å²) >= 11 is 1.59. The van der Waals surface area contributed by atoms with Crippen molar-refractivity contribution < 1.29 is 19.5 Å². The molecule has 3 amide bonds. The quantitative estimate of drug-likeness (QED) is 0.354. The van der Waals surface area contributed by atoms with Crippen molar-refractivity contribution in [3.05, 3.63) is 41.0 Å². The summed E-state index contributed by atoms with van der Waals surface area (Å²) in [4.78, 5) is 46.9. The van der Waals surface area contributed by atoms with Crippen LogP contribution in [0.4, 0.5) is 0 Å². The van der Waals surface area contributed by atoms with Gasteiger partial charge in [0.05, 0.1) is 22.2 Å². The van der Waals surface area contributed by atoms with Crippen molar-refractivity contribution in [3.8, 4) is 10.4 Å². The summed E-state index contributed by atoms with van der Waals surface area (Å²) in [6.45, 7) is 12.7. The SMILES string of the molecule is CCC.CCC1(C(=O)NC(CC(C)C)C(=O)N2CC(O)CC2C(=O)NCc2ccc(-c3scnc3C)cc2)CCC1. The maximum atomic E-state index is 13.7. The van der Waals surface area contributed by atoms with E-state index in [1.807, 2.05) is 57.5 Å². The minimum Gasteiger partial charge on any atom is -0.391 e. The van der Waals surface area contributed by atoms with Crippen molar-refractivity contribution in [3.63, 3.8) is 0 Å². The van der Waals surface area contributed by atoms with E-state index in [-0.39, 0.29) is 42.0 Å². The normalized spacial score (nSPS) is 20.0. The van der Waals surface area contributed by atoms with Gasteiger partial charge in [0.15, 0.2) is 0 Å². The highest BCUT2D eigenvalue weighted by Gasteiger charge is 2.45. The van der Waals surface area contributed by atoms with Gasteiger partial charge in [0, 0.05) is 24.9 Å². The van der Waals surface area contributed by atoms with E-state index in [0.717, 1.165) is 47.4 Å². The van der Waals surface area contributed by atoms with Gasteiger partial charge in [0.1, 0.15) is 12.1 Å². The molecule has 41 heavy (non-hydrogen) atoms. The second-order valence-electron chi connectivity index (χ2n) is 11.9. The number of rotatable bonds is 10. The lowest BCUT2D eigenvalue weighted by atomic mass is 9.66. The lowest BCUT2D eigenvalue weighted by Crippen LogP contribution is -2.57. The van der Waals surface area contributed by atoms with Crippen molar-refractivity contribution in [2.24, 2.45) is 11.3 Å². The number of β-amino-alcohol motifs (C(OH)–C–C–N with tert-alkyl or cyclic N) is 1. The monoisotopic (exact) mass is 584 g/mol. The fourth-order valence-corrected chi connectivity index (χ4v) is 6.33. The van der Waals surface area contributed by atoms with Crippen molar-refractivity contribution in [1.29, 1.82) is 0 Å². The zero-order valence-corrected chi connectivity index (χ0v) is 26.4. The number of aromatic nitrogens is 1. The average Bonchev–Trinajstić information content (AvgIpc) is 3.52. The number of likely N-dealkylation sites (tertiary alicyclic amines) is 1. The van der Waals surface area contributed by atoms with E-state index in [1.165, 1.54) is 11.3 Å². The van der Waals surface area contributed by atoms with E-state index in [1.54, 1.807) is 11.3 Å². The molecule has 3 unspecified atom stereocenters. The highest BCUT2D eigenvalue weighted by Crippen LogP contribution is 2.44. The first-order valence-electron chi connectivity index (χ1n) is 15.1. The minimum atomic E-state index is -0.777. The summed E-state index contributed by atoms with van der Waals surface area (Å²) < 4.78 is 0. The Hall–Kier alpha value is -2.78. The number of hydrogen-bond donors (Lipinski definition) is 3. The first-order valence-corrected chi connectivity index (χ1v) is 16.0. The highest BCUT2D eigenvalue weighted by atomic mass is 32.1. The van der Waals surface area contributed by atoms with Gasteiger partial charge in [0.2, 0.25) is 17.7 Å². The molecule has 1 aliphatic carbocycles. The number of thiazole rings is 1. The van der Waals surface area contributed by atoms with Crippen LogP contribution in [0.2, 0.25) is 0 Å². The summed E-state index contributed by atoms with van der Waals surface area (Å²) in [5, 5.41) is 16.4. The van der Waals surface area contributed by atoms with Crippen molar-refractivity contribution in [1.82, 2.24) is 20.5 Å². The van der Waals surface area contributed by atoms with E-state index < -0.39 is 18.2 Å². The van der Waals surface area contributed by atoms with Crippen LogP contribution in [0.15, 0.2) is 29.8 Å². The number of amides is 3. The van der Waals surface area contributed by atoms with Crippen LogP contribution in [0.25, 0.3) is 10.4 Å².